The Morgan fingerprint density at radius 1 is 1.04 bits per heavy atom. The Hall–Kier alpha value is -2.96. The number of hydrogen-bond donors (Lipinski definition) is 1. The molecule has 120 valence electrons. The van der Waals surface area contributed by atoms with Crippen molar-refractivity contribution in [2.45, 2.75) is 18.9 Å². The van der Waals surface area contributed by atoms with Crippen molar-refractivity contribution in [3.63, 3.8) is 0 Å². The molecule has 0 radical (unpaired) electrons. The number of fused-ring (bicyclic) bond motifs is 3. The topological polar surface area (TPSA) is 75.5 Å². The molecule has 1 fully saturated rings. The first kappa shape index (κ1) is 13.5. The van der Waals surface area contributed by atoms with Crippen LogP contribution in [0.3, 0.4) is 0 Å². The maximum absolute atomic E-state index is 4.55. The average molecular weight is 319 g/mol. The summed E-state index contributed by atoms with van der Waals surface area (Å²) in [4.78, 5) is 23.1. The van der Waals surface area contributed by atoms with Gasteiger partial charge in [0.15, 0.2) is 0 Å². The van der Waals surface area contributed by atoms with E-state index in [0.717, 1.165) is 48.4 Å². The van der Waals surface area contributed by atoms with Crippen LogP contribution in [-0.2, 0) is 0 Å². The fourth-order valence-electron chi connectivity index (χ4n) is 3.61. The maximum atomic E-state index is 4.55. The molecule has 0 spiro atoms. The first-order valence-corrected chi connectivity index (χ1v) is 8.21. The molecule has 7 nitrogen and oxygen atoms in total. The first-order valence-electron chi connectivity index (χ1n) is 8.21. The Labute approximate surface area is 138 Å². The number of nitrogens with zero attached hydrogens (tertiary/aromatic N) is 6. The van der Waals surface area contributed by atoms with Crippen LogP contribution in [0, 0.1) is 0 Å². The quantitative estimate of drug-likeness (QED) is 0.614. The second kappa shape index (κ2) is 5.30. The second-order valence-corrected chi connectivity index (χ2v) is 6.15. The van der Waals surface area contributed by atoms with Gasteiger partial charge < -0.3 is 14.5 Å². The van der Waals surface area contributed by atoms with Gasteiger partial charge in [0.05, 0.1) is 18.0 Å². The van der Waals surface area contributed by atoms with Crippen LogP contribution < -0.4 is 4.90 Å². The van der Waals surface area contributed by atoms with Gasteiger partial charge >= 0.3 is 0 Å². The molecule has 0 unspecified atom stereocenters. The molecule has 1 aliphatic heterocycles. The molecule has 4 aromatic rings. The fourth-order valence-corrected chi connectivity index (χ4v) is 3.61. The van der Waals surface area contributed by atoms with Gasteiger partial charge in [0.1, 0.15) is 11.2 Å². The second-order valence-electron chi connectivity index (χ2n) is 6.15. The summed E-state index contributed by atoms with van der Waals surface area (Å²) in [6, 6.07) is 4.37. The van der Waals surface area contributed by atoms with Gasteiger partial charge in [0.2, 0.25) is 5.95 Å². The molecule has 4 aromatic heterocycles. The number of imidazole rings is 1. The van der Waals surface area contributed by atoms with Crippen LogP contribution in [0.1, 0.15) is 18.9 Å². The average Bonchev–Trinajstić information content (AvgIpc) is 3.29. The number of aromatic nitrogens is 6. The lowest BCUT2D eigenvalue weighted by Gasteiger charge is -2.32. The van der Waals surface area contributed by atoms with E-state index in [9.17, 15) is 0 Å². The predicted octanol–water partition coefficient (Wildman–Crippen LogP) is 2.54. The molecule has 0 aliphatic carbocycles. The Kier molecular flexibility index (Phi) is 2.97. The summed E-state index contributed by atoms with van der Waals surface area (Å²) in [6.07, 6.45) is 11.4. The van der Waals surface area contributed by atoms with Crippen molar-refractivity contribution in [3.05, 3.63) is 43.2 Å². The predicted molar refractivity (Wildman–Crippen MR) is 91.9 cm³/mol. The van der Waals surface area contributed by atoms with Gasteiger partial charge in [0, 0.05) is 43.1 Å². The first-order chi connectivity index (χ1) is 11.9. The summed E-state index contributed by atoms with van der Waals surface area (Å²) in [5.74, 6) is 0.823. The third-order valence-electron chi connectivity index (χ3n) is 4.81. The lowest BCUT2D eigenvalue weighted by molar-refractivity contribution is 0.401. The van der Waals surface area contributed by atoms with Crippen LogP contribution in [0.15, 0.2) is 43.2 Å². The SMILES string of the molecule is c1cnc(N2CCC(n3cnc4cnc5[nH]ccc5c43)CC2)nc1. The summed E-state index contributed by atoms with van der Waals surface area (Å²) >= 11 is 0. The van der Waals surface area contributed by atoms with E-state index in [-0.39, 0.29) is 0 Å². The minimum atomic E-state index is 0.440. The standard InChI is InChI=1S/C17H17N7/c1-5-19-17(20-6-1)23-8-3-12(4-9-23)24-11-22-14-10-21-16-13(15(14)24)2-7-18-16/h1-2,5-7,10-12H,3-4,8-9H2,(H,18,21). The number of anilines is 1. The van der Waals surface area contributed by atoms with Crippen LogP contribution >= 0.6 is 0 Å². The van der Waals surface area contributed by atoms with Gasteiger partial charge in [-0.2, -0.15) is 0 Å². The number of hydrogen-bond acceptors (Lipinski definition) is 5. The number of nitrogens with one attached hydrogen (secondary N) is 1. The number of rotatable bonds is 2. The molecule has 1 saturated heterocycles. The molecule has 5 rings (SSSR count). The highest BCUT2D eigenvalue weighted by Crippen LogP contribution is 2.30. The highest BCUT2D eigenvalue weighted by atomic mass is 15.3. The minimum absolute atomic E-state index is 0.440. The molecule has 0 amide bonds. The van der Waals surface area contributed by atoms with Crippen molar-refractivity contribution in [1.82, 2.24) is 29.5 Å². The molecular weight excluding hydrogens is 302 g/mol. The van der Waals surface area contributed by atoms with Gasteiger partial charge in [-0.05, 0) is 25.0 Å². The maximum Gasteiger partial charge on any atom is 0.225 e. The van der Waals surface area contributed by atoms with Crippen LogP contribution in [0.5, 0.6) is 0 Å². The monoisotopic (exact) mass is 319 g/mol. The molecule has 1 N–H and O–H groups in total. The molecule has 0 bridgehead atoms. The summed E-state index contributed by atoms with van der Waals surface area (Å²) in [6.45, 7) is 1.91. The Morgan fingerprint density at radius 3 is 2.71 bits per heavy atom. The number of aromatic amines is 1. The summed E-state index contributed by atoms with van der Waals surface area (Å²) < 4.78 is 2.32. The van der Waals surface area contributed by atoms with Crippen LogP contribution in [-0.4, -0.2) is 42.6 Å². The summed E-state index contributed by atoms with van der Waals surface area (Å²) in [5.41, 5.74) is 3.05. The van der Waals surface area contributed by atoms with Crippen LogP contribution in [0.2, 0.25) is 0 Å². The normalized spacial score (nSPS) is 16.2. The summed E-state index contributed by atoms with van der Waals surface area (Å²) in [7, 11) is 0. The van der Waals surface area contributed by atoms with E-state index < -0.39 is 0 Å². The largest absolute Gasteiger partial charge is 0.346 e. The van der Waals surface area contributed by atoms with Gasteiger partial charge in [0.25, 0.3) is 0 Å². The van der Waals surface area contributed by atoms with E-state index in [0.29, 0.717) is 6.04 Å². The molecule has 0 saturated carbocycles. The molecule has 0 aromatic carbocycles. The van der Waals surface area contributed by atoms with Crippen molar-refractivity contribution in [2.75, 3.05) is 18.0 Å². The zero-order valence-corrected chi connectivity index (χ0v) is 13.1. The van der Waals surface area contributed by atoms with Crippen LogP contribution in [0.4, 0.5) is 5.95 Å². The molecule has 0 atom stereocenters. The smallest absolute Gasteiger partial charge is 0.225 e. The van der Waals surface area contributed by atoms with Crippen molar-refractivity contribution in [3.8, 4) is 0 Å². The van der Waals surface area contributed by atoms with Crippen LogP contribution in [0.25, 0.3) is 22.1 Å². The summed E-state index contributed by atoms with van der Waals surface area (Å²) in [5, 5.41) is 1.14. The lowest BCUT2D eigenvalue weighted by atomic mass is 10.0. The highest BCUT2D eigenvalue weighted by molar-refractivity contribution is 6.00. The van der Waals surface area contributed by atoms with Gasteiger partial charge in [-0.1, -0.05) is 0 Å². The minimum Gasteiger partial charge on any atom is -0.346 e. The Bertz CT molecular complexity index is 980. The third kappa shape index (κ3) is 2.05. The number of H-pyrrole nitrogens is 1. The molecule has 5 heterocycles. The number of pyridine rings is 1. The molecule has 24 heavy (non-hydrogen) atoms. The van der Waals surface area contributed by atoms with E-state index in [4.69, 9.17) is 0 Å². The lowest BCUT2D eigenvalue weighted by Crippen LogP contribution is -2.35. The fraction of sp³-hybridized carbons (Fsp3) is 0.294. The van der Waals surface area contributed by atoms with Crippen molar-refractivity contribution in [2.24, 2.45) is 0 Å². The Morgan fingerprint density at radius 2 is 1.88 bits per heavy atom. The Balaban J connectivity index is 1.46. The van der Waals surface area contributed by atoms with E-state index in [2.05, 4.69) is 40.5 Å². The van der Waals surface area contributed by atoms with Gasteiger partial charge in [-0.25, -0.2) is 19.9 Å². The molecular formula is C17H17N7. The molecule has 1 aliphatic rings. The highest BCUT2D eigenvalue weighted by Gasteiger charge is 2.24. The van der Waals surface area contributed by atoms with Gasteiger partial charge in [-0.3, -0.25) is 0 Å². The zero-order chi connectivity index (χ0) is 15.9. The van der Waals surface area contributed by atoms with Gasteiger partial charge in [-0.15, -0.1) is 0 Å². The third-order valence-corrected chi connectivity index (χ3v) is 4.81. The molecule has 7 heteroatoms. The van der Waals surface area contributed by atoms with E-state index in [1.807, 2.05) is 24.8 Å². The van der Waals surface area contributed by atoms with Crippen molar-refractivity contribution in [1.29, 1.82) is 0 Å². The van der Waals surface area contributed by atoms with Crippen molar-refractivity contribution >= 4 is 28.0 Å². The van der Waals surface area contributed by atoms with E-state index >= 15 is 0 Å². The zero-order valence-electron chi connectivity index (χ0n) is 13.1. The van der Waals surface area contributed by atoms with Crippen molar-refractivity contribution < 1.29 is 0 Å². The van der Waals surface area contributed by atoms with E-state index in [1.54, 1.807) is 12.4 Å². The van der Waals surface area contributed by atoms with E-state index in [1.165, 1.54) is 5.52 Å². The number of piperidine rings is 1.